The number of thiophene rings is 1. The Morgan fingerprint density at radius 2 is 2.08 bits per heavy atom. The molecule has 0 aliphatic heterocycles. The van der Waals surface area contributed by atoms with Crippen LogP contribution in [0.15, 0.2) is 41.7 Å². The number of rotatable bonds is 5. The number of carbonyl (C=O) groups is 1. The van der Waals surface area contributed by atoms with Crippen LogP contribution in [0.5, 0.6) is 0 Å². The molecule has 3 aromatic rings. The van der Waals surface area contributed by atoms with Crippen LogP contribution in [0.25, 0.3) is 20.7 Å². The molecule has 0 bridgehead atoms. The summed E-state index contributed by atoms with van der Waals surface area (Å²) in [5.74, 6) is -0.524. The van der Waals surface area contributed by atoms with Crippen LogP contribution in [0, 0.1) is 5.82 Å². The number of esters is 1. The summed E-state index contributed by atoms with van der Waals surface area (Å²) in [7, 11) is 0. The first kappa shape index (κ1) is 16.9. The second kappa shape index (κ2) is 7.27. The smallest absolute Gasteiger partial charge is 0.319 e. The second-order valence-corrected chi connectivity index (χ2v) is 7.40. The quantitative estimate of drug-likeness (QED) is 0.379. The summed E-state index contributed by atoms with van der Waals surface area (Å²) in [6.07, 6.45) is 1.49. The van der Waals surface area contributed by atoms with Crippen LogP contribution >= 0.6 is 23.1 Å². The minimum Gasteiger partial charge on any atom is -0.465 e. The van der Waals surface area contributed by atoms with E-state index >= 15 is 0 Å². The number of halogens is 1. The molecule has 1 unspecified atom stereocenters. The number of fused-ring (bicyclic) bond motifs is 1. The molecule has 0 N–H and O–H groups in total. The summed E-state index contributed by atoms with van der Waals surface area (Å²) in [5, 5.41) is 0.401. The lowest BCUT2D eigenvalue weighted by atomic mass is 10.2. The van der Waals surface area contributed by atoms with Crippen LogP contribution in [0.1, 0.15) is 13.8 Å². The third kappa shape index (κ3) is 3.57. The van der Waals surface area contributed by atoms with Gasteiger partial charge in [0.15, 0.2) is 0 Å². The highest BCUT2D eigenvalue weighted by Gasteiger charge is 2.19. The third-order valence-electron chi connectivity index (χ3n) is 3.31. The molecule has 2 heterocycles. The van der Waals surface area contributed by atoms with E-state index in [1.54, 1.807) is 26.0 Å². The van der Waals surface area contributed by atoms with Crippen molar-refractivity contribution in [2.24, 2.45) is 0 Å². The minimum atomic E-state index is -0.348. The Bertz CT molecular complexity index is 865. The summed E-state index contributed by atoms with van der Waals surface area (Å²) in [6.45, 7) is 3.94. The normalized spacial score (nSPS) is 12.3. The number of benzene rings is 1. The summed E-state index contributed by atoms with van der Waals surface area (Å²) >= 11 is 2.89. The lowest BCUT2D eigenvalue weighted by molar-refractivity contribution is -0.142. The first-order valence-electron chi connectivity index (χ1n) is 7.42. The average Bonchev–Trinajstić information content (AvgIpc) is 3.01. The number of ether oxygens (including phenoxy) is 1. The number of aromatic nitrogens is 2. The molecule has 1 atom stereocenters. The number of nitrogens with zero attached hydrogens (tertiary/aromatic N) is 2. The highest BCUT2D eigenvalue weighted by molar-refractivity contribution is 8.00. The molecule has 3 rings (SSSR count). The van der Waals surface area contributed by atoms with E-state index in [1.807, 2.05) is 6.07 Å². The van der Waals surface area contributed by atoms with E-state index in [0.717, 1.165) is 25.7 Å². The molecule has 7 heteroatoms. The van der Waals surface area contributed by atoms with E-state index in [4.69, 9.17) is 4.74 Å². The van der Waals surface area contributed by atoms with Gasteiger partial charge in [0.2, 0.25) is 0 Å². The van der Waals surface area contributed by atoms with Crippen LogP contribution in [0.2, 0.25) is 0 Å². The van der Waals surface area contributed by atoms with Gasteiger partial charge in [-0.3, -0.25) is 4.79 Å². The van der Waals surface area contributed by atoms with E-state index in [1.165, 1.54) is 41.6 Å². The number of thioether (sulfide) groups is 1. The van der Waals surface area contributed by atoms with Crippen LogP contribution in [0.3, 0.4) is 0 Å². The van der Waals surface area contributed by atoms with Crippen molar-refractivity contribution in [3.63, 3.8) is 0 Å². The highest BCUT2D eigenvalue weighted by Crippen LogP contribution is 2.38. The van der Waals surface area contributed by atoms with Crippen LogP contribution < -0.4 is 0 Å². The van der Waals surface area contributed by atoms with Crippen molar-refractivity contribution in [2.45, 2.75) is 24.1 Å². The maximum absolute atomic E-state index is 13.1. The van der Waals surface area contributed by atoms with Gasteiger partial charge in [0.25, 0.3) is 0 Å². The van der Waals surface area contributed by atoms with Crippen LogP contribution in [-0.4, -0.2) is 27.8 Å². The molecule has 0 aliphatic carbocycles. The van der Waals surface area contributed by atoms with Gasteiger partial charge in [-0.1, -0.05) is 23.9 Å². The third-order valence-corrected chi connectivity index (χ3v) is 5.70. The van der Waals surface area contributed by atoms with Gasteiger partial charge in [-0.15, -0.1) is 11.3 Å². The van der Waals surface area contributed by atoms with Gasteiger partial charge in [-0.2, -0.15) is 0 Å². The Morgan fingerprint density at radius 1 is 1.33 bits per heavy atom. The fourth-order valence-corrected chi connectivity index (χ4v) is 4.24. The molecule has 0 saturated carbocycles. The minimum absolute atomic E-state index is 0.260. The van der Waals surface area contributed by atoms with E-state index in [9.17, 15) is 9.18 Å². The second-order valence-electron chi connectivity index (χ2n) is 5.02. The number of carbonyl (C=O) groups excluding carboxylic acids is 1. The Kier molecular flexibility index (Phi) is 5.11. The maximum atomic E-state index is 13.1. The van der Waals surface area contributed by atoms with Crippen molar-refractivity contribution in [1.29, 1.82) is 0 Å². The lowest BCUT2D eigenvalue weighted by Crippen LogP contribution is -2.16. The molecule has 0 radical (unpaired) electrons. The van der Waals surface area contributed by atoms with Crippen molar-refractivity contribution >= 4 is 39.3 Å². The monoisotopic (exact) mass is 362 g/mol. The molecular formula is C17H15FN2O2S2. The zero-order valence-electron chi connectivity index (χ0n) is 13.2. The zero-order chi connectivity index (χ0) is 17.1. The molecule has 0 fully saturated rings. The summed E-state index contributed by atoms with van der Waals surface area (Å²) in [5.41, 5.74) is 1.74. The summed E-state index contributed by atoms with van der Waals surface area (Å²) in [6, 6.07) is 8.30. The molecule has 2 aromatic heterocycles. The van der Waals surface area contributed by atoms with Gasteiger partial charge in [-0.25, -0.2) is 14.4 Å². The lowest BCUT2D eigenvalue weighted by Gasteiger charge is -2.09. The molecule has 1 aromatic carbocycles. The van der Waals surface area contributed by atoms with E-state index in [2.05, 4.69) is 9.97 Å². The van der Waals surface area contributed by atoms with E-state index < -0.39 is 0 Å². The first-order chi connectivity index (χ1) is 11.6. The number of hydrogen-bond acceptors (Lipinski definition) is 6. The van der Waals surface area contributed by atoms with Gasteiger partial charge >= 0.3 is 5.97 Å². The highest BCUT2D eigenvalue weighted by atomic mass is 32.2. The molecule has 0 spiro atoms. The van der Waals surface area contributed by atoms with Gasteiger partial charge in [0.05, 0.1) is 16.8 Å². The molecule has 0 saturated heterocycles. The van der Waals surface area contributed by atoms with Crippen molar-refractivity contribution < 1.29 is 13.9 Å². The van der Waals surface area contributed by atoms with Crippen molar-refractivity contribution in [3.05, 3.63) is 42.5 Å². The standard InChI is InChI=1S/C17H15FN2O2S2/c1-3-22-17(21)10(2)23-16-15-13(19-9-20-16)8-14(24-15)11-4-6-12(18)7-5-11/h4-10H,3H2,1-2H3. The van der Waals surface area contributed by atoms with Crippen molar-refractivity contribution in [3.8, 4) is 10.4 Å². The Hall–Kier alpha value is -1.99. The predicted molar refractivity (Wildman–Crippen MR) is 94.8 cm³/mol. The molecule has 0 amide bonds. The largest absolute Gasteiger partial charge is 0.465 e. The Morgan fingerprint density at radius 3 is 2.79 bits per heavy atom. The fourth-order valence-electron chi connectivity index (χ4n) is 2.15. The SMILES string of the molecule is CCOC(=O)C(C)Sc1ncnc2cc(-c3ccc(F)cc3)sc12. The van der Waals surface area contributed by atoms with E-state index in [0.29, 0.717) is 6.61 Å². The van der Waals surface area contributed by atoms with E-state index in [-0.39, 0.29) is 17.0 Å². The number of hydrogen-bond donors (Lipinski definition) is 0. The van der Waals surface area contributed by atoms with Gasteiger partial charge in [-0.05, 0) is 37.6 Å². The summed E-state index contributed by atoms with van der Waals surface area (Å²) < 4.78 is 19.0. The molecule has 4 nitrogen and oxygen atoms in total. The van der Waals surface area contributed by atoms with Crippen LogP contribution in [0.4, 0.5) is 4.39 Å². The van der Waals surface area contributed by atoms with Gasteiger partial charge in [0.1, 0.15) is 22.4 Å². The maximum Gasteiger partial charge on any atom is 0.319 e. The molecular weight excluding hydrogens is 347 g/mol. The fraction of sp³-hybridized carbons (Fsp3) is 0.235. The van der Waals surface area contributed by atoms with Gasteiger partial charge < -0.3 is 4.74 Å². The first-order valence-corrected chi connectivity index (χ1v) is 9.12. The predicted octanol–water partition coefficient (Wildman–Crippen LogP) is 4.54. The topological polar surface area (TPSA) is 52.1 Å². The molecule has 24 heavy (non-hydrogen) atoms. The summed E-state index contributed by atoms with van der Waals surface area (Å²) in [4.78, 5) is 21.4. The van der Waals surface area contributed by atoms with Crippen molar-refractivity contribution in [2.75, 3.05) is 6.61 Å². The van der Waals surface area contributed by atoms with Crippen molar-refractivity contribution in [1.82, 2.24) is 9.97 Å². The Balaban J connectivity index is 1.92. The zero-order valence-corrected chi connectivity index (χ0v) is 14.8. The molecule has 0 aliphatic rings. The average molecular weight is 362 g/mol. The van der Waals surface area contributed by atoms with Gasteiger partial charge in [0, 0.05) is 4.88 Å². The Labute approximate surface area is 147 Å². The van der Waals surface area contributed by atoms with Crippen LogP contribution in [-0.2, 0) is 9.53 Å². The molecule has 124 valence electrons.